The van der Waals surface area contributed by atoms with Gasteiger partial charge in [-0.15, -0.1) is 0 Å². The standard InChI is InChI=1S/C16H21NO4/c1-11-6-12(2)8-14(7-11)21-10-15(18)17-5-4-13(9-17)16(19)20-3/h6-8,13H,4-5,9-10H2,1-3H3. The average Bonchev–Trinajstić information content (AvgIpc) is 2.92. The zero-order chi connectivity index (χ0) is 15.4. The first-order valence-electron chi connectivity index (χ1n) is 7.06. The molecule has 114 valence electrons. The largest absolute Gasteiger partial charge is 0.484 e. The van der Waals surface area contributed by atoms with Gasteiger partial charge in [0, 0.05) is 13.1 Å². The lowest BCUT2D eigenvalue weighted by Gasteiger charge is -2.16. The molecule has 1 saturated heterocycles. The molecule has 0 spiro atoms. The number of nitrogens with zero attached hydrogens (tertiary/aromatic N) is 1. The van der Waals surface area contributed by atoms with Crippen LogP contribution in [-0.4, -0.2) is 43.6 Å². The van der Waals surface area contributed by atoms with Crippen molar-refractivity contribution < 1.29 is 19.1 Å². The van der Waals surface area contributed by atoms with Gasteiger partial charge in [0.15, 0.2) is 6.61 Å². The number of amides is 1. The molecule has 0 radical (unpaired) electrons. The molecule has 0 aliphatic carbocycles. The molecule has 1 unspecified atom stereocenters. The van der Waals surface area contributed by atoms with Gasteiger partial charge in [0.25, 0.3) is 5.91 Å². The van der Waals surface area contributed by atoms with Gasteiger partial charge < -0.3 is 14.4 Å². The molecular weight excluding hydrogens is 270 g/mol. The molecule has 1 heterocycles. The Morgan fingerprint density at radius 1 is 1.24 bits per heavy atom. The molecule has 0 bridgehead atoms. The van der Waals surface area contributed by atoms with Crippen LogP contribution in [0.25, 0.3) is 0 Å². The van der Waals surface area contributed by atoms with Crippen LogP contribution in [0.2, 0.25) is 0 Å². The minimum Gasteiger partial charge on any atom is -0.484 e. The van der Waals surface area contributed by atoms with Gasteiger partial charge in [0.05, 0.1) is 13.0 Å². The number of carbonyl (C=O) groups excluding carboxylic acids is 2. The van der Waals surface area contributed by atoms with Crippen molar-refractivity contribution in [3.8, 4) is 5.75 Å². The van der Waals surface area contributed by atoms with Crippen molar-refractivity contribution >= 4 is 11.9 Å². The summed E-state index contributed by atoms with van der Waals surface area (Å²) in [6.07, 6.45) is 0.655. The molecular formula is C16H21NO4. The van der Waals surface area contributed by atoms with E-state index in [1.54, 1.807) is 4.90 Å². The molecule has 1 aromatic rings. The Morgan fingerprint density at radius 3 is 2.52 bits per heavy atom. The van der Waals surface area contributed by atoms with Gasteiger partial charge in [-0.25, -0.2) is 0 Å². The number of rotatable bonds is 4. The molecule has 1 amide bonds. The molecule has 0 saturated carbocycles. The molecule has 5 nitrogen and oxygen atoms in total. The van der Waals surface area contributed by atoms with E-state index in [4.69, 9.17) is 9.47 Å². The van der Waals surface area contributed by atoms with Crippen LogP contribution in [0.1, 0.15) is 17.5 Å². The minimum absolute atomic E-state index is 0.00319. The molecule has 5 heteroatoms. The summed E-state index contributed by atoms with van der Waals surface area (Å²) in [6, 6.07) is 5.86. The second-order valence-corrected chi connectivity index (χ2v) is 5.46. The number of aryl methyl sites for hydroxylation is 2. The maximum atomic E-state index is 12.1. The first-order chi connectivity index (χ1) is 9.99. The van der Waals surface area contributed by atoms with Crippen LogP contribution in [0.15, 0.2) is 18.2 Å². The summed E-state index contributed by atoms with van der Waals surface area (Å²) in [7, 11) is 1.37. The van der Waals surface area contributed by atoms with E-state index in [1.807, 2.05) is 26.0 Å². The summed E-state index contributed by atoms with van der Waals surface area (Å²) in [5, 5.41) is 0. The van der Waals surface area contributed by atoms with Crippen molar-refractivity contribution in [2.24, 2.45) is 5.92 Å². The Hall–Kier alpha value is -2.04. The number of hydrogen-bond donors (Lipinski definition) is 0. The van der Waals surface area contributed by atoms with Gasteiger partial charge in [0.2, 0.25) is 0 Å². The lowest BCUT2D eigenvalue weighted by atomic mass is 10.1. The molecule has 21 heavy (non-hydrogen) atoms. The first-order valence-corrected chi connectivity index (χ1v) is 7.06. The van der Waals surface area contributed by atoms with Gasteiger partial charge in [-0.1, -0.05) is 6.07 Å². The summed E-state index contributed by atoms with van der Waals surface area (Å²) in [4.78, 5) is 25.2. The normalized spacial score (nSPS) is 17.7. The fraction of sp³-hybridized carbons (Fsp3) is 0.500. The van der Waals surface area contributed by atoms with Gasteiger partial charge in [-0.3, -0.25) is 9.59 Å². The van der Waals surface area contributed by atoms with Gasteiger partial charge in [-0.05, 0) is 43.5 Å². The summed E-state index contributed by atoms with van der Waals surface area (Å²) in [5.41, 5.74) is 2.20. The number of benzene rings is 1. The van der Waals surface area contributed by atoms with E-state index < -0.39 is 0 Å². The number of ether oxygens (including phenoxy) is 2. The Labute approximate surface area is 124 Å². The highest BCUT2D eigenvalue weighted by Gasteiger charge is 2.31. The van der Waals surface area contributed by atoms with Crippen molar-refractivity contribution in [2.75, 3.05) is 26.8 Å². The molecule has 1 fully saturated rings. The van der Waals surface area contributed by atoms with Crippen molar-refractivity contribution in [3.05, 3.63) is 29.3 Å². The number of carbonyl (C=O) groups is 2. The van der Waals surface area contributed by atoms with Gasteiger partial charge in [-0.2, -0.15) is 0 Å². The van der Waals surface area contributed by atoms with Crippen LogP contribution in [0.5, 0.6) is 5.75 Å². The van der Waals surface area contributed by atoms with E-state index in [0.29, 0.717) is 25.3 Å². The Balaban J connectivity index is 1.86. The van der Waals surface area contributed by atoms with Gasteiger partial charge >= 0.3 is 5.97 Å². The van der Waals surface area contributed by atoms with Crippen molar-refractivity contribution in [1.82, 2.24) is 4.90 Å². The summed E-state index contributed by atoms with van der Waals surface area (Å²) in [5.74, 6) is 0.144. The molecule has 2 rings (SSSR count). The fourth-order valence-electron chi connectivity index (χ4n) is 2.60. The Kier molecular flexibility index (Phi) is 4.83. The molecule has 1 aliphatic heterocycles. The monoisotopic (exact) mass is 291 g/mol. The zero-order valence-electron chi connectivity index (χ0n) is 12.7. The van der Waals surface area contributed by atoms with E-state index in [2.05, 4.69) is 6.07 Å². The van der Waals surface area contributed by atoms with E-state index >= 15 is 0 Å². The van der Waals surface area contributed by atoms with Crippen LogP contribution in [0.3, 0.4) is 0 Å². The Bertz CT molecular complexity index is 521. The average molecular weight is 291 g/mol. The highest BCUT2D eigenvalue weighted by atomic mass is 16.5. The summed E-state index contributed by atoms with van der Waals surface area (Å²) < 4.78 is 10.3. The molecule has 0 N–H and O–H groups in total. The van der Waals surface area contributed by atoms with Gasteiger partial charge in [0.1, 0.15) is 5.75 Å². The predicted octanol–water partition coefficient (Wildman–Crippen LogP) is 1.70. The van der Waals surface area contributed by atoms with Crippen LogP contribution in [0, 0.1) is 19.8 Å². The van der Waals surface area contributed by atoms with Crippen LogP contribution >= 0.6 is 0 Å². The number of hydrogen-bond acceptors (Lipinski definition) is 4. The van der Waals surface area contributed by atoms with E-state index in [9.17, 15) is 9.59 Å². The molecule has 0 aromatic heterocycles. The maximum Gasteiger partial charge on any atom is 0.310 e. The van der Waals surface area contributed by atoms with E-state index in [-0.39, 0.29) is 24.4 Å². The number of esters is 1. The minimum atomic E-state index is -0.250. The van der Waals surface area contributed by atoms with Crippen molar-refractivity contribution in [1.29, 1.82) is 0 Å². The van der Waals surface area contributed by atoms with Crippen LogP contribution in [0.4, 0.5) is 0 Å². The number of methoxy groups -OCH3 is 1. The maximum absolute atomic E-state index is 12.1. The summed E-state index contributed by atoms with van der Waals surface area (Å²) >= 11 is 0. The second-order valence-electron chi connectivity index (χ2n) is 5.46. The van der Waals surface area contributed by atoms with Crippen molar-refractivity contribution in [2.45, 2.75) is 20.3 Å². The fourth-order valence-corrected chi connectivity index (χ4v) is 2.60. The first kappa shape index (κ1) is 15.4. The third-order valence-corrected chi connectivity index (χ3v) is 3.63. The van der Waals surface area contributed by atoms with Crippen molar-refractivity contribution in [3.63, 3.8) is 0 Å². The topological polar surface area (TPSA) is 55.8 Å². The highest BCUT2D eigenvalue weighted by molar-refractivity contribution is 5.80. The quantitative estimate of drug-likeness (QED) is 0.792. The third-order valence-electron chi connectivity index (χ3n) is 3.63. The van der Waals surface area contributed by atoms with E-state index in [1.165, 1.54) is 7.11 Å². The molecule has 1 atom stereocenters. The van der Waals surface area contributed by atoms with E-state index in [0.717, 1.165) is 11.1 Å². The molecule has 1 aliphatic rings. The molecule has 1 aromatic carbocycles. The van der Waals surface area contributed by atoms with Crippen LogP contribution < -0.4 is 4.74 Å². The third kappa shape index (κ3) is 3.97. The predicted molar refractivity (Wildman–Crippen MR) is 78.1 cm³/mol. The lowest BCUT2D eigenvalue weighted by molar-refractivity contribution is -0.145. The highest BCUT2D eigenvalue weighted by Crippen LogP contribution is 2.19. The summed E-state index contributed by atoms with van der Waals surface area (Å²) in [6.45, 7) is 4.97. The van der Waals surface area contributed by atoms with Crippen LogP contribution in [-0.2, 0) is 14.3 Å². The number of likely N-dealkylation sites (tertiary alicyclic amines) is 1. The second kappa shape index (κ2) is 6.61. The SMILES string of the molecule is COC(=O)C1CCN(C(=O)COc2cc(C)cc(C)c2)C1. The smallest absolute Gasteiger partial charge is 0.310 e. The lowest BCUT2D eigenvalue weighted by Crippen LogP contribution is -2.34. The Morgan fingerprint density at radius 2 is 1.90 bits per heavy atom. The zero-order valence-corrected chi connectivity index (χ0v) is 12.7.